The lowest BCUT2D eigenvalue weighted by molar-refractivity contribution is -0.361. The molecule has 0 saturated heterocycles. The van der Waals surface area contributed by atoms with E-state index in [1.807, 2.05) is 0 Å². The van der Waals surface area contributed by atoms with Gasteiger partial charge in [0.1, 0.15) is 12.4 Å². The van der Waals surface area contributed by atoms with Gasteiger partial charge in [0.05, 0.1) is 11.8 Å². The van der Waals surface area contributed by atoms with Gasteiger partial charge in [0.2, 0.25) is 11.2 Å². The number of hydrogen-bond donors (Lipinski definition) is 3. The van der Waals surface area contributed by atoms with Crippen molar-refractivity contribution in [1.82, 2.24) is 0 Å². The molecule has 0 amide bonds. The molecule has 3 aromatic rings. The van der Waals surface area contributed by atoms with Gasteiger partial charge in [0.15, 0.2) is 11.8 Å². The topological polar surface area (TPSA) is 96.8 Å². The summed E-state index contributed by atoms with van der Waals surface area (Å²) in [6.07, 6.45) is -2.88. The Labute approximate surface area is 156 Å². The summed E-state index contributed by atoms with van der Waals surface area (Å²) in [5.41, 5.74) is -1.31. The monoisotopic (exact) mass is 393 g/mol. The van der Waals surface area contributed by atoms with E-state index >= 15 is 0 Å². The van der Waals surface area contributed by atoms with Gasteiger partial charge in [-0.2, -0.15) is 13.2 Å². The van der Waals surface area contributed by atoms with Crippen LogP contribution in [-0.4, -0.2) is 10.2 Å². The minimum absolute atomic E-state index is 0.0893. The van der Waals surface area contributed by atoms with Crippen molar-refractivity contribution in [3.63, 3.8) is 0 Å². The number of pyridine rings is 1. The highest BCUT2D eigenvalue weighted by Gasteiger charge is 2.32. The highest BCUT2D eigenvalue weighted by atomic mass is 19.4. The van der Waals surface area contributed by atoms with Gasteiger partial charge in [0.25, 0.3) is 5.82 Å². The van der Waals surface area contributed by atoms with Gasteiger partial charge >= 0.3 is 6.18 Å². The van der Waals surface area contributed by atoms with Gasteiger partial charge < -0.3 is 14.6 Å². The van der Waals surface area contributed by atoms with Crippen LogP contribution in [0.3, 0.4) is 0 Å². The molecule has 146 valence electrons. The molecule has 0 bridgehead atoms. The molecule has 0 fully saturated rings. The van der Waals surface area contributed by atoms with Gasteiger partial charge in [-0.3, -0.25) is 10.1 Å². The lowest BCUT2D eigenvalue weighted by atomic mass is 10.0. The summed E-state index contributed by atoms with van der Waals surface area (Å²) in [5.74, 6) is -0.559. The average Bonchev–Trinajstić information content (AvgIpc) is 2.68. The number of aliphatic hydroxyl groups excluding tert-OH is 1. The fourth-order valence-electron chi connectivity index (χ4n) is 2.63. The van der Waals surface area contributed by atoms with Gasteiger partial charge in [-0.15, -0.1) is 0 Å². The predicted molar refractivity (Wildman–Crippen MR) is 92.5 cm³/mol. The summed E-state index contributed by atoms with van der Waals surface area (Å²) < 4.78 is 44.0. The Morgan fingerprint density at radius 2 is 1.86 bits per heavy atom. The number of hydrogen-bond acceptors (Lipinski definition) is 5. The number of aromatic amines is 1. The molecule has 2 heterocycles. The Kier molecular flexibility index (Phi) is 5.36. The van der Waals surface area contributed by atoms with Gasteiger partial charge in [-0.1, -0.05) is 18.2 Å². The molecule has 1 atom stereocenters. The Morgan fingerprint density at radius 3 is 2.43 bits per heavy atom. The lowest BCUT2D eigenvalue weighted by Gasteiger charge is -2.16. The zero-order chi connectivity index (χ0) is 20.3. The summed E-state index contributed by atoms with van der Waals surface area (Å²) in [6, 6.07) is 9.25. The zero-order valence-electron chi connectivity index (χ0n) is 14.3. The fraction of sp³-hybridized carbons (Fsp3) is 0.158. The summed E-state index contributed by atoms with van der Waals surface area (Å²) in [7, 11) is 0. The molecule has 3 rings (SSSR count). The first-order valence-electron chi connectivity index (χ1n) is 8.16. The number of aliphatic hydroxyl groups is 1. The third kappa shape index (κ3) is 4.15. The highest BCUT2D eigenvalue weighted by molar-refractivity contribution is 5.43. The van der Waals surface area contributed by atoms with Crippen molar-refractivity contribution < 1.29 is 32.8 Å². The van der Waals surface area contributed by atoms with Crippen molar-refractivity contribution in [2.45, 2.75) is 18.8 Å². The SMILES string of the molecule is O=c1cc(CO)oc([C@@H](Nc2cccc[nH+]2)c2ccc(C(F)(F)F)cc2)c1O. The minimum Gasteiger partial charge on any atom is -0.502 e. The van der Waals surface area contributed by atoms with Crippen LogP contribution in [0.1, 0.15) is 28.7 Å². The van der Waals surface area contributed by atoms with E-state index in [1.54, 1.807) is 24.4 Å². The van der Waals surface area contributed by atoms with Gasteiger partial charge in [0, 0.05) is 17.7 Å². The number of aromatic hydroxyl groups is 1. The van der Waals surface area contributed by atoms with E-state index in [4.69, 9.17) is 4.42 Å². The second-order valence-corrected chi connectivity index (χ2v) is 5.92. The van der Waals surface area contributed by atoms with Crippen LogP contribution >= 0.6 is 0 Å². The van der Waals surface area contributed by atoms with Gasteiger partial charge in [-0.05, 0) is 18.2 Å². The first kappa shape index (κ1) is 19.4. The molecule has 28 heavy (non-hydrogen) atoms. The summed E-state index contributed by atoms with van der Waals surface area (Å²) in [6.45, 7) is -0.584. The van der Waals surface area contributed by atoms with Crippen LogP contribution in [0, 0.1) is 0 Å². The second kappa shape index (κ2) is 7.73. The predicted octanol–water partition coefficient (Wildman–Crippen LogP) is 2.87. The molecular weight excluding hydrogens is 377 g/mol. The van der Waals surface area contributed by atoms with E-state index in [0.717, 1.165) is 18.2 Å². The standard InChI is InChI=1S/C19H15F3N2O4/c20-19(21,22)12-6-4-11(5-7-12)16(24-15-3-1-2-8-23-15)18-17(27)14(26)9-13(10-25)28-18/h1-9,16,25,27H,10H2,(H,23,24)/p+1/t16-/m0/s1. The van der Waals surface area contributed by atoms with E-state index in [0.29, 0.717) is 11.4 Å². The van der Waals surface area contributed by atoms with Crippen molar-refractivity contribution in [2.24, 2.45) is 0 Å². The molecule has 6 nitrogen and oxygen atoms in total. The molecule has 0 spiro atoms. The third-order valence-corrected chi connectivity index (χ3v) is 4.00. The smallest absolute Gasteiger partial charge is 0.416 e. The maximum atomic E-state index is 12.9. The molecule has 0 aliphatic rings. The van der Waals surface area contributed by atoms with Crippen LogP contribution in [0.4, 0.5) is 19.0 Å². The number of aromatic nitrogens is 1. The summed E-state index contributed by atoms with van der Waals surface area (Å²) >= 11 is 0. The molecule has 9 heteroatoms. The van der Waals surface area contributed by atoms with E-state index in [1.165, 1.54) is 12.1 Å². The quantitative estimate of drug-likeness (QED) is 0.619. The Morgan fingerprint density at radius 1 is 1.14 bits per heavy atom. The number of halogens is 3. The highest BCUT2D eigenvalue weighted by Crippen LogP contribution is 2.34. The van der Waals surface area contributed by atoms with E-state index in [2.05, 4.69) is 10.3 Å². The van der Waals surface area contributed by atoms with Crippen molar-refractivity contribution in [3.8, 4) is 5.75 Å². The molecule has 0 radical (unpaired) electrons. The van der Waals surface area contributed by atoms with E-state index in [9.17, 15) is 28.2 Å². The molecule has 0 unspecified atom stereocenters. The van der Waals surface area contributed by atoms with Crippen molar-refractivity contribution in [2.75, 3.05) is 5.32 Å². The number of anilines is 1. The maximum Gasteiger partial charge on any atom is 0.416 e. The number of nitrogens with one attached hydrogen (secondary N) is 2. The molecule has 0 aliphatic heterocycles. The normalized spacial score (nSPS) is 12.6. The molecule has 0 aliphatic carbocycles. The minimum atomic E-state index is -4.50. The maximum absolute atomic E-state index is 12.9. The summed E-state index contributed by atoms with van der Waals surface area (Å²) in [4.78, 5) is 14.9. The largest absolute Gasteiger partial charge is 0.502 e. The van der Waals surface area contributed by atoms with Crippen LogP contribution in [-0.2, 0) is 12.8 Å². The van der Waals surface area contributed by atoms with Crippen molar-refractivity contribution in [3.05, 3.63) is 87.6 Å². The number of rotatable bonds is 5. The average molecular weight is 393 g/mol. The van der Waals surface area contributed by atoms with Gasteiger partial charge in [-0.25, -0.2) is 4.98 Å². The molecule has 2 aromatic heterocycles. The number of H-pyrrole nitrogens is 1. The first-order chi connectivity index (χ1) is 13.3. The third-order valence-electron chi connectivity index (χ3n) is 4.00. The van der Waals surface area contributed by atoms with Crippen LogP contribution in [0.25, 0.3) is 0 Å². The Bertz CT molecular complexity index is 1000. The first-order valence-corrected chi connectivity index (χ1v) is 8.16. The Balaban J connectivity index is 2.11. The number of alkyl halides is 3. The number of benzene rings is 1. The van der Waals surface area contributed by atoms with Crippen molar-refractivity contribution in [1.29, 1.82) is 0 Å². The van der Waals surface area contributed by atoms with Crippen LogP contribution in [0.5, 0.6) is 5.75 Å². The van der Waals surface area contributed by atoms with E-state index < -0.39 is 35.6 Å². The van der Waals surface area contributed by atoms with E-state index in [-0.39, 0.29) is 11.5 Å². The summed E-state index contributed by atoms with van der Waals surface area (Å²) in [5, 5.41) is 22.5. The molecule has 1 aromatic carbocycles. The zero-order valence-corrected chi connectivity index (χ0v) is 14.3. The lowest BCUT2D eigenvalue weighted by Crippen LogP contribution is -2.20. The fourth-order valence-corrected chi connectivity index (χ4v) is 2.63. The van der Waals surface area contributed by atoms with Crippen LogP contribution in [0.2, 0.25) is 0 Å². The Hall–Kier alpha value is -3.33. The molecular formula is C19H16F3N2O4+. The van der Waals surface area contributed by atoms with Crippen molar-refractivity contribution >= 4 is 5.82 Å². The molecule has 0 saturated carbocycles. The molecule has 4 N–H and O–H groups in total. The van der Waals surface area contributed by atoms with Crippen LogP contribution in [0.15, 0.2) is 63.9 Å². The van der Waals surface area contributed by atoms with Crippen LogP contribution < -0.4 is 15.7 Å². The second-order valence-electron chi connectivity index (χ2n) is 5.92.